The quantitative estimate of drug-likeness (QED) is 0.555. The number of benzene rings is 1. The fourth-order valence-electron chi connectivity index (χ4n) is 1.70. The number of hydrogen-bond acceptors (Lipinski definition) is 2. The van der Waals surface area contributed by atoms with E-state index < -0.39 is 0 Å². The van der Waals surface area contributed by atoms with Crippen LogP contribution >= 0.6 is 11.3 Å². The van der Waals surface area contributed by atoms with Crippen molar-refractivity contribution in [2.75, 3.05) is 0 Å². The van der Waals surface area contributed by atoms with E-state index in [0.717, 1.165) is 22.3 Å². The summed E-state index contributed by atoms with van der Waals surface area (Å²) in [7, 11) is 0. The first-order valence-corrected chi connectivity index (χ1v) is 5.16. The molecule has 0 spiro atoms. The molecule has 1 aromatic carbocycles. The molecule has 0 atom stereocenters. The molecule has 0 aliphatic heterocycles. The number of nitrogens with zero attached hydrogens (tertiary/aromatic N) is 1. The number of fused-ring (bicyclic) bond motifs is 3. The van der Waals surface area contributed by atoms with E-state index >= 15 is 0 Å². The van der Waals surface area contributed by atoms with Crippen molar-refractivity contribution in [3.8, 4) is 0 Å². The van der Waals surface area contributed by atoms with Gasteiger partial charge in [-0.25, -0.2) is 0 Å². The van der Waals surface area contributed by atoms with Crippen molar-refractivity contribution in [1.29, 1.82) is 0 Å². The maximum atomic E-state index is 10.8. The summed E-state index contributed by atoms with van der Waals surface area (Å²) < 4.78 is 3.21. The monoisotopic (exact) mass is 201 g/mol. The number of carbonyl (C=O) groups excluding carboxylic acids is 1. The Hall–Kier alpha value is -1.61. The van der Waals surface area contributed by atoms with Gasteiger partial charge in [0.05, 0.1) is 15.9 Å². The molecule has 0 saturated carbocycles. The highest BCUT2D eigenvalue weighted by atomic mass is 32.1. The predicted molar refractivity (Wildman–Crippen MR) is 58.2 cm³/mol. The van der Waals surface area contributed by atoms with Gasteiger partial charge in [0.1, 0.15) is 4.83 Å². The minimum atomic E-state index is 0.720. The lowest BCUT2D eigenvalue weighted by molar-refractivity contribution is 0.111. The summed E-state index contributed by atoms with van der Waals surface area (Å²) in [5, 5.41) is 0. The second-order valence-corrected chi connectivity index (χ2v) is 4.18. The molecular weight excluding hydrogens is 194 g/mol. The van der Waals surface area contributed by atoms with Crippen LogP contribution < -0.4 is 0 Å². The first-order valence-electron chi connectivity index (χ1n) is 4.34. The van der Waals surface area contributed by atoms with Gasteiger partial charge in [-0.15, -0.1) is 11.3 Å². The number of aromatic nitrogens is 1. The average molecular weight is 201 g/mol. The second kappa shape index (κ2) is 2.69. The SMILES string of the molecule is O=Cc1ccc2sc3ccccc3n12. The highest BCUT2D eigenvalue weighted by Gasteiger charge is 2.06. The molecule has 0 aliphatic rings. The predicted octanol–water partition coefficient (Wildman–Crippen LogP) is 2.97. The number of rotatable bonds is 1. The van der Waals surface area contributed by atoms with Crippen LogP contribution in [0, 0.1) is 0 Å². The van der Waals surface area contributed by atoms with Crippen molar-refractivity contribution < 1.29 is 4.79 Å². The van der Waals surface area contributed by atoms with Gasteiger partial charge in [-0.1, -0.05) is 12.1 Å². The van der Waals surface area contributed by atoms with Gasteiger partial charge < -0.3 is 0 Å². The van der Waals surface area contributed by atoms with Crippen molar-refractivity contribution in [2.24, 2.45) is 0 Å². The van der Waals surface area contributed by atoms with Crippen molar-refractivity contribution in [3.05, 3.63) is 42.1 Å². The Morgan fingerprint density at radius 1 is 1.14 bits per heavy atom. The Kier molecular flexibility index (Phi) is 1.49. The Morgan fingerprint density at radius 3 is 2.86 bits per heavy atom. The van der Waals surface area contributed by atoms with Gasteiger partial charge in [-0.3, -0.25) is 9.20 Å². The number of hydrogen-bond donors (Lipinski definition) is 0. The van der Waals surface area contributed by atoms with E-state index in [2.05, 4.69) is 6.07 Å². The summed E-state index contributed by atoms with van der Waals surface area (Å²) in [6.07, 6.45) is 0.895. The zero-order chi connectivity index (χ0) is 9.54. The van der Waals surface area contributed by atoms with Crippen LogP contribution in [0.1, 0.15) is 10.5 Å². The maximum absolute atomic E-state index is 10.8. The molecule has 68 valence electrons. The van der Waals surface area contributed by atoms with Gasteiger partial charge >= 0.3 is 0 Å². The van der Waals surface area contributed by atoms with E-state index in [1.54, 1.807) is 11.3 Å². The van der Waals surface area contributed by atoms with Crippen LogP contribution in [0.5, 0.6) is 0 Å². The van der Waals surface area contributed by atoms with Crippen molar-refractivity contribution in [3.63, 3.8) is 0 Å². The van der Waals surface area contributed by atoms with Crippen LogP contribution in [0.2, 0.25) is 0 Å². The summed E-state index contributed by atoms with van der Waals surface area (Å²) in [4.78, 5) is 11.9. The summed E-state index contributed by atoms with van der Waals surface area (Å²) in [5.74, 6) is 0. The molecule has 14 heavy (non-hydrogen) atoms. The van der Waals surface area contributed by atoms with E-state index in [1.165, 1.54) is 4.70 Å². The topological polar surface area (TPSA) is 21.5 Å². The lowest BCUT2D eigenvalue weighted by Gasteiger charge is -1.92. The number of carbonyl (C=O) groups is 1. The van der Waals surface area contributed by atoms with Crippen LogP contribution in [-0.2, 0) is 0 Å². The fraction of sp³-hybridized carbons (Fsp3) is 0. The Bertz CT molecular complexity index is 620. The van der Waals surface area contributed by atoms with E-state index in [-0.39, 0.29) is 0 Å². The molecule has 0 unspecified atom stereocenters. The van der Waals surface area contributed by atoms with Crippen molar-refractivity contribution >= 4 is 32.7 Å². The van der Waals surface area contributed by atoms with Crippen molar-refractivity contribution in [1.82, 2.24) is 4.40 Å². The summed E-state index contributed by atoms with van der Waals surface area (Å²) in [6.45, 7) is 0. The molecule has 0 aliphatic carbocycles. The van der Waals surface area contributed by atoms with Gasteiger partial charge in [-0.05, 0) is 24.3 Å². The standard InChI is InChI=1S/C11H7NOS/c13-7-8-5-6-11-12(8)9-3-1-2-4-10(9)14-11/h1-7H. The third kappa shape index (κ3) is 0.873. The van der Waals surface area contributed by atoms with Gasteiger partial charge in [0.2, 0.25) is 0 Å². The van der Waals surface area contributed by atoms with E-state index in [1.807, 2.05) is 34.7 Å². The second-order valence-electron chi connectivity index (χ2n) is 3.12. The minimum absolute atomic E-state index is 0.720. The lowest BCUT2D eigenvalue weighted by atomic mass is 10.3. The normalized spacial score (nSPS) is 11.1. The molecular formula is C11H7NOS. The van der Waals surface area contributed by atoms with Gasteiger partial charge in [0, 0.05) is 0 Å². The number of para-hydroxylation sites is 1. The molecule has 2 nitrogen and oxygen atoms in total. The van der Waals surface area contributed by atoms with Crippen LogP contribution in [0.15, 0.2) is 36.4 Å². The highest BCUT2D eigenvalue weighted by molar-refractivity contribution is 7.24. The smallest absolute Gasteiger partial charge is 0.166 e. The maximum Gasteiger partial charge on any atom is 0.166 e. The number of thiazole rings is 1. The summed E-state index contributed by atoms with van der Waals surface area (Å²) in [6, 6.07) is 11.9. The molecule has 0 amide bonds. The average Bonchev–Trinajstić information content (AvgIpc) is 2.75. The molecule has 0 saturated heterocycles. The fourth-order valence-corrected chi connectivity index (χ4v) is 2.77. The number of aldehydes is 1. The van der Waals surface area contributed by atoms with Gasteiger partial charge in [-0.2, -0.15) is 0 Å². The molecule has 3 rings (SSSR count). The molecule has 0 N–H and O–H groups in total. The molecule has 2 heterocycles. The van der Waals surface area contributed by atoms with E-state index in [4.69, 9.17) is 0 Å². The Labute approximate surface area is 84.4 Å². The third-order valence-electron chi connectivity index (χ3n) is 2.32. The van der Waals surface area contributed by atoms with Crippen LogP contribution in [0.4, 0.5) is 0 Å². The van der Waals surface area contributed by atoms with Gasteiger partial charge in [0.15, 0.2) is 6.29 Å². The third-order valence-corrected chi connectivity index (χ3v) is 3.41. The molecule has 3 aromatic rings. The zero-order valence-electron chi connectivity index (χ0n) is 7.31. The molecule has 0 fully saturated rings. The summed E-state index contributed by atoms with van der Waals surface area (Å²) >= 11 is 1.70. The van der Waals surface area contributed by atoms with E-state index in [9.17, 15) is 4.79 Å². The van der Waals surface area contributed by atoms with Crippen LogP contribution in [-0.4, -0.2) is 10.7 Å². The van der Waals surface area contributed by atoms with Gasteiger partial charge in [0.25, 0.3) is 0 Å². The van der Waals surface area contributed by atoms with Crippen LogP contribution in [0.25, 0.3) is 15.0 Å². The molecule has 3 heteroatoms. The molecule has 2 aromatic heterocycles. The molecule has 0 bridgehead atoms. The van der Waals surface area contributed by atoms with Crippen LogP contribution in [0.3, 0.4) is 0 Å². The summed E-state index contributed by atoms with van der Waals surface area (Å²) in [5.41, 5.74) is 1.83. The van der Waals surface area contributed by atoms with Crippen molar-refractivity contribution in [2.45, 2.75) is 0 Å². The minimum Gasteiger partial charge on any atom is -0.297 e. The molecule has 0 radical (unpaired) electrons. The Balaban J connectivity index is 2.61. The highest BCUT2D eigenvalue weighted by Crippen LogP contribution is 2.27. The Morgan fingerprint density at radius 2 is 2.00 bits per heavy atom. The first-order chi connectivity index (χ1) is 6.90. The lowest BCUT2D eigenvalue weighted by Crippen LogP contribution is -1.86. The first kappa shape index (κ1) is 7.76. The zero-order valence-corrected chi connectivity index (χ0v) is 8.12. The largest absolute Gasteiger partial charge is 0.297 e. The van der Waals surface area contributed by atoms with E-state index in [0.29, 0.717) is 0 Å².